The van der Waals surface area contributed by atoms with Crippen LogP contribution in [0, 0.1) is 13.0 Å². The Bertz CT molecular complexity index is 392. The third-order valence-corrected chi connectivity index (χ3v) is 1.93. The van der Waals surface area contributed by atoms with Gasteiger partial charge in [0.25, 0.3) is 0 Å². The average molecular weight is 234 g/mol. The van der Waals surface area contributed by atoms with Gasteiger partial charge in [-0.15, -0.1) is 6.07 Å². The van der Waals surface area contributed by atoms with Crippen molar-refractivity contribution >= 4 is 11.0 Å². The summed E-state index contributed by atoms with van der Waals surface area (Å²) in [5, 5.41) is 0. The topological polar surface area (TPSA) is 17.8 Å². The molecule has 0 unspecified atom stereocenters. The molecule has 0 spiro atoms. The summed E-state index contributed by atoms with van der Waals surface area (Å²) in [4.78, 5) is 4.32. The maximum absolute atomic E-state index is 4.32. The molecule has 0 bridgehead atoms. The summed E-state index contributed by atoms with van der Waals surface area (Å²) in [6.45, 7) is 1.99. The number of aryl methyl sites for hydroxylation is 2. The van der Waals surface area contributed by atoms with Crippen LogP contribution in [0.2, 0.25) is 0 Å². The minimum atomic E-state index is 0. The fraction of sp³-hybridized carbons (Fsp3) is 0.222. The van der Waals surface area contributed by atoms with Crippen LogP contribution >= 0.6 is 0 Å². The van der Waals surface area contributed by atoms with E-state index in [1.165, 1.54) is 0 Å². The minimum absolute atomic E-state index is 0. The molecule has 0 saturated carbocycles. The summed E-state index contributed by atoms with van der Waals surface area (Å²) >= 11 is 0. The molecule has 3 heteroatoms. The van der Waals surface area contributed by atoms with Crippen LogP contribution in [-0.4, -0.2) is 9.55 Å². The van der Waals surface area contributed by atoms with E-state index in [0.717, 1.165) is 16.9 Å². The van der Waals surface area contributed by atoms with Gasteiger partial charge in [-0.1, -0.05) is 0 Å². The van der Waals surface area contributed by atoms with Crippen molar-refractivity contribution in [2.75, 3.05) is 0 Å². The number of nitrogens with zero attached hydrogens (tertiary/aromatic N) is 2. The number of hydrogen-bond acceptors (Lipinski definition) is 1. The van der Waals surface area contributed by atoms with Gasteiger partial charge >= 0.3 is 32.7 Å². The summed E-state index contributed by atoms with van der Waals surface area (Å²) in [5.74, 6) is 1.03. The first-order valence-electron chi connectivity index (χ1n) is 3.59. The van der Waals surface area contributed by atoms with Gasteiger partial charge in [0.1, 0.15) is 0 Å². The van der Waals surface area contributed by atoms with E-state index >= 15 is 0 Å². The van der Waals surface area contributed by atoms with Crippen molar-refractivity contribution < 1.29 is 32.7 Å². The van der Waals surface area contributed by atoms with Crippen molar-refractivity contribution in [2.24, 2.45) is 7.05 Å². The second-order valence-corrected chi connectivity index (χ2v) is 2.62. The Labute approximate surface area is 96.9 Å². The molecule has 0 amide bonds. The quantitative estimate of drug-likeness (QED) is 0.634. The molecule has 0 aliphatic heterocycles. The van der Waals surface area contributed by atoms with Crippen molar-refractivity contribution in [1.29, 1.82) is 0 Å². The Hall–Kier alpha value is -0.206. The number of benzene rings is 1. The van der Waals surface area contributed by atoms with E-state index in [1.807, 2.05) is 32.2 Å². The first-order chi connectivity index (χ1) is 5.29. The summed E-state index contributed by atoms with van der Waals surface area (Å²) < 4.78 is 2.06. The molecule has 0 N–H and O–H groups in total. The van der Waals surface area contributed by atoms with Gasteiger partial charge < -0.3 is 4.57 Å². The van der Waals surface area contributed by atoms with Gasteiger partial charge in [0.15, 0.2) is 0 Å². The Balaban J connectivity index is 0.000000720. The van der Waals surface area contributed by atoms with Gasteiger partial charge in [-0.25, -0.2) is 0 Å². The Morgan fingerprint density at radius 2 is 2.25 bits per heavy atom. The van der Waals surface area contributed by atoms with Gasteiger partial charge in [-0.3, -0.25) is 4.98 Å². The summed E-state index contributed by atoms with van der Waals surface area (Å²) in [6.07, 6.45) is 0. The normalized spacial score (nSPS) is 9.83. The molecule has 0 fully saturated rings. The first-order valence-corrected chi connectivity index (χ1v) is 3.59. The second-order valence-electron chi connectivity index (χ2n) is 2.62. The fourth-order valence-corrected chi connectivity index (χ4v) is 1.19. The third-order valence-electron chi connectivity index (χ3n) is 1.93. The third kappa shape index (κ3) is 1.46. The van der Waals surface area contributed by atoms with E-state index in [-0.39, 0.29) is 32.7 Å². The molecule has 12 heavy (non-hydrogen) atoms. The molecule has 0 aliphatic rings. The van der Waals surface area contributed by atoms with Crippen LogP contribution in [0.25, 0.3) is 11.0 Å². The molecule has 1 aromatic heterocycles. The minimum Gasteiger partial charge on any atom is -0.385 e. The molecule has 2 rings (SSSR count). The van der Waals surface area contributed by atoms with Gasteiger partial charge in [0.2, 0.25) is 0 Å². The maximum atomic E-state index is 4.32. The zero-order chi connectivity index (χ0) is 7.84. The van der Waals surface area contributed by atoms with Crippen molar-refractivity contribution in [3.05, 3.63) is 30.1 Å². The van der Waals surface area contributed by atoms with E-state index in [9.17, 15) is 0 Å². The van der Waals surface area contributed by atoms with E-state index in [4.69, 9.17) is 0 Å². The zero-order valence-corrected chi connectivity index (χ0v) is 10.0. The van der Waals surface area contributed by atoms with Crippen molar-refractivity contribution in [2.45, 2.75) is 6.92 Å². The number of hydrogen-bond donors (Lipinski definition) is 0. The molecule has 2 nitrogen and oxygen atoms in total. The monoisotopic (exact) mass is 234 g/mol. The Kier molecular flexibility index (Phi) is 3.02. The maximum Gasteiger partial charge on any atom is 3.00 e. The number of rotatable bonds is 0. The number of imidazole rings is 1. The molecule has 2 aromatic rings. The van der Waals surface area contributed by atoms with Crippen LogP contribution in [0.1, 0.15) is 5.82 Å². The fourth-order valence-electron chi connectivity index (χ4n) is 1.19. The molecule has 56 valence electrons. The van der Waals surface area contributed by atoms with Crippen LogP contribution in [0.15, 0.2) is 18.2 Å². The van der Waals surface area contributed by atoms with E-state index in [0.29, 0.717) is 0 Å². The van der Waals surface area contributed by atoms with E-state index in [2.05, 4.69) is 15.6 Å². The molecule has 0 radical (unpaired) electrons. The van der Waals surface area contributed by atoms with Gasteiger partial charge in [-0.05, 0) is 18.0 Å². The first kappa shape index (κ1) is 9.88. The van der Waals surface area contributed by atoms with Crippen LogP contribution < -0.4 is 0 Å². The van der Waals surface area contributed by atoms with Gasteiger partial charge in [0.05, 0.1) is 5.82 Å². The summed E-state index contributed by atoms with van der Waals surface area (Å²) in [5.41, 5.74) is 2.09. The summed E-state index contributed by atoms with van der Waals surface area (Å²) in [6, 6.07) is 8.99. The van der Waals surface area contributed by atoms with E-state index in [1.54, 1.807) is 0 Å². The van der Waals surface area contributed by atoms with Crippen molar-refractivity contribution in [3.8, 4) is 0 Å². The Morgan fingerprint density at radius 1 is 1.50 bits per heavy atom. The van der Waals surface area contributed by atoms with E-state index < -0.39 is 0 Å². The van der Waals surface area contributed by atoms with Crippen molar-refractivity contribution in [3.63, 3.8) is 0 Å². The molecule has 1 aromatic carbocycles. The summed E-state index contributed by atoms with van der Waals surface area (Å²) in [7, 11) is 2.01. The number of para-hydroxylation sites is 1. The molecule has 1 heterocycles. The van der Waals surface area contributed by atoms with Crippen LogP contribution in [0.4, 0.5) is 0 Å². The Morgan fingerprint density at radius 3 is 2.92 bits per heavy atom. The molecular weight excluding hydrogens is 225 g/mol. The SMILES string of the molecule is Cc1nc2[c-]cccc2n1C.[Y+3]. The molecule has 0 atom stereocenters. The predicted molar refractivity (Wildman–Crippen MR) is 44.3 cm³/mol. The number of fused-ring (bicyclic) bond motifs is 1. The van der Waals surface area contributed by atoms with Crippen LogP contribution in [-0.2, 0) is 39.8 Å². The average Bonchev–Trinajstić information content (AvgIpc) is 2.30. The smallest absolute Gasteiger partial charge is 0.385 e. The standard InChI is InChI=1S/C9H9N2.Y/c1-7-10-8-5-3-4-6-9(8)11(7)2;/h3-4,6H,1-2H3;/q-1;+3. The van der Waals surface area contributed by atoms with Gasteiger partial charge in [0, 0.05) is 7.05 Å². The van der Waals surface area contributed by atoms with Crippen LogP contribution in [0.3, 0.4) is 0 Å². The largest absolute Gasteiger partial charge is 3.00 e. The number of aromatic nitrogens is 2. The van der Waals surface area contributed by atoms with Crippen molar-refractivity contribution in [1.82, 2.24) is 9.55 Å². The van der Waals surface area contributed by atoms with Crippen LogP contribution in [0.5, 0.6) is 0 Å². The zero-order valence-electron chi connectivity index (χ0n) is 7.20. The molecule has 0 aliphatic carbocycles. The molecular formula is C9H9N2Y+2. The molecule has 0 saturated heterocycles. The van der Waals surface area contributed by atoms with Gasteiger partial charge in [-0.2, -0.15) is 18.2 Å². The second kappa shape index (κ2) is 3.67. The predicted octanol–water partition coefficient (Wildman–Crippen LogP) is 1.68.